The Labute approximate surface area is 112 Å². The maximum atomic E-state index is 11.5. The molecule has 1 amide bonds. The van der Waals surface area contributed by atoms with Crippen LogP contribution in [0.2, 0.25) is 5.02 Å². The van der Waals surface area contributed by atoms with Crippen LogP contribution in [-0.4, -0.2) is 30.9 Å². The van der Waals surface area contributed by atoms with Crippen molar-refractivity contribution in [3.05, 3.63) is 34.3 Å². The summed E-state index contributed by atoms with van der Waals surface area (Å²) in [6, 6.07) is 7.15. The molecular weight excluding hydrogens is 250 g/mol. The summed E-state index contributed by atoms with van der Waals surface area (Å²) in [5.74, 6) is 0.0438. The SMILES string of the molecule is CCN(C)C(=O)CNCc1ccc(C#N)cc1Cl. The summed E-state index contributed by atoms with van der Waals surface area (Å²) in [7, 11) is 1.76. The number of nitrogens with zero attached hydrogens (tertiary/aromatic N) is 2. The molecule has 4 nitrogen and oxygen atoms in total. The van der Waals surface area contributed by atoms with E-state index in [9.17, 15) is 4.79 Å². The van der Waals surface area contributed by atoms with Gasteiger partial charge in [-0.3, -0.25) is 4.79 Å². The Morgan fingerprint density at radius 2 is 2.28 bits per heavy atom. The van der Waals surface area contributed by atoms with Crippen LogP contribution < -0.4 is 5.32 Å². The first-order chi connectivity index (χ1) is 8.58. The van der Waals surface area contributed by atoms with Gasteiger partial charge < -0.3 is 10.2 Å². The Morgan fingerprint density at radius 1 is 1.56 bits per heavy atom. The molecule has 0 saturated carbocycles. The summed E-state index contributed by atoms with van der Waals surface area (Å²) in [6.45, 7) is 3.40. The van der Waals surface area contributed by atoms with Crippen molar-refractivity contribution in [2.75, 3.05) is 20.1 Å². The highest BCUT2D eigenvalue weighted by molar-refractivity contribution is 6.31. The maximum Gasteiger partial charge on any atom is 0.236 e. The number of likely N-dealkylation sites (N-methyl/N-ethyl adjacent to an activating group) is 1. The predicted molar refractivity (Wildman–Crippen MR) is 71.2 cm³/mol. The van der Waals surface area contributed by atoms with Crippen molar-refractivity contribution in [3.8, 4) is 6.07 Å². The highest BCUT2D eigenvalue weighted by Gasteiger charge is 2.06. The van der Waals surface area contributed by atoms with E-state index >= 15 is 0 Å². The van der Waals surface area contributed by atoms with Crippen LogP contribution in [0.3, 0.4) is 0 Å². The molecule has 0 atom stereocenters. The first kappa shape index (κ1) is 14.5. The molecule has 0 aliphatic heterocycles. The number of rotatable bonds is 5. The van der Waals surface area contributed by atoms with Crippen LogP contribution in [0, 0.1) is 11.3 Å². The van der Waals surface area contributed by atoms with E-state index in [2.05, 4.69) is 5.32 Å². The predicted octanol–water partition coefficient (Wildman–Crippen LogP) is 1.78. The van der Waals surface area contributed by atoms with Crippen molar-refractivity contribution in [3.63, 3.8) is 0 Å². The molecule has 1 N–H and O–H groups in total. The third-order valence-corrected chi connectivity index (χ3v) is 3.03. The summed E-state index contributed by atoms with van der Waals surface area (Å²) in [4.78, 5) is 13.2. The van der Waals surface area contributed by atoms with E-state index in [1.165, 1.54) is 0 Å². The highest BCUT2D eigenvalue weighted by atomic mass is 35.5. The lowest BCUT2D eigenvalue weighted by Gasteiger charge is -2.15. The zero-order chi connectivity index (χ0) is 13.5. The first-order valence-electron chi connectivity index (χ1n) is 5.71. The highest BCUT2D eigenvalue weighted by Crippen LogP contribution is 2.17. The van der Waals surface area contributed by atoms with Crippen molar-refractivity contribution in [2.45, 2.75) is 13.5 Å². The van der Waals surface area contributed by atoms with E-state index < -0.39 is 0 Å². The molecule has 1 rings (SSSR count). The van der Waals surface area contributed by atoms with E-state index in [-0.39, 0.29) is 12.5 Å². The third kappa shape index (κ3) is 4.02. The summed E-state index contributed by atoms with van der Waals surface area (Å²) < 4.78 is 0. The summed E-state index contributed by atoms with van der Waals surface area (Å²) in [6.07, 6.45) is 0. The van der Waals surface area contributed by atoms with Crippen molar-refractivity contribution >= 4 is 17.5 Å². The molecule has 5 heteroatoms. The monoisotopic (exact) mass is 265 g/mol. The van der Waals surface area contributed by atoms with Crippen molar-refractivity contribution in [2.24, 2.45) is 0 Å². The van der Waals surface area contributed by atoms with Gasteiger partial charge in [0.25, 0.3) is 0 Å². The van der Waals surface area contributed by atoms with Gasteiger partial charge in [0.15, 0.2) is 0 Å². The molecule has 0 aliphatic carbocycles. The van der Waals surface area contributed by atoms with Crippen LogP contribution in [-0.2, 0) is 11.3 Å². The number of hydrogen-bond donors (Lipinski definition) is 1. The van der Waals surface area contributed by atoms with Crippen LogP contribution >= 0.6 is 11.6 Å². The number of amides is 1. The molecule has 1 aromatic rings. The summed E-state index contributed by atoms with van der Waals surface area (Å²) in [5.41, 5.74) is 1.41. The van der Waals surface area contributed by atoms with Gasteiger partial charge in [0.05, 0.1) is 18.2 Å². The Balaban J connectivity index is 2.50. The van der Waals surface area contributed by atoms with Gasteiger partial charge in [-0.15, -0.1) is 0 Å². The Kier molecular flexibility index (Phi) is 5.63. The molecule has 0 bridgehead atoms. The standard InChI is InChI=1S/C13H16ClN3O/c1-3-17(2)13(18)9-16-8-11-5-4-10(7-15)6-12(11)14/h4-6,16H,3,8-9H2,1-2H3. The fourth-order valence-electron chi connectivity index (χ4n) is 1.38. The van der Waals surface area contributed by atoms with E-state index in [0.29, 0.717) is 23.7 Å². The minimum Gasteiger partial charge on any atom is -0.345 e. The van der Waals surface area contributed by atoms with Crippen LogP contribution in [0.1, 0.15) is 18.1 Å². The van der Waals surface area contributed by atoms with Crippen molar-refractivity contribution in [1.82, 2.24) is 10.2 Å². The molecule has 0 aliphatic rings. The van der Waals surface area contributed by atoms with Gasteiger partial charge in [-0.1, -0.05) is 17.7 Å². The molecule has 0 fully saturated rings. The molecule has 0 heterocycles. The molecule has 0 unspecified atom stereocenters. The lowest BCUT2D eigenvalue weighted by Crippen LogP contribution is -2.35. The molecule has 0 spiro atoms. The largest absolute Gasteiger partial charge is 0.345 e. The number of benzene rings is 1. The number of nitriles is 1. The minimum absolute atomic E-state index is 0.0438. The van der Waals surface area contributed by atoms with Crippen molar-refractivity contribution < 1.29 is 4.79 Å². The second kappa shape index (κ2) is 7.00. The summed E-state index contributed by atoms with van der Waals surface area (Å²) in [5, 5.41) is 12.3. The number of carbonyl (C=O) groups excluding carboxylic acids is 1. The van der Waals surface area contributed by atoms with E-state index in [1.54, 1.807) is 30.1 Å². The van der Waals surface area contributed by atoms with E-state index in [1.807, 2.05) is 13.0 Å². The number of nitrogens with one attached hydrogen (secondary N) is 1. The Hall–Kier alpha value is -1.57. The second-order valence-electron chi connectivity index (χ2n) is 3.93. The lowest BCUT2D eigenvalue weighted by atomic mass is 10.1. The van der Waals surface area contributed by atoms with Crippen LogP contribution in [0.4, 0.5) is 0 Å². The molecule has 96 valence electrons. The molecule has 0 saturated heterocycles. The van der Waals surface area contributed by atoms with E-state index in [0.717, 1.165) is 5.56 Å². The van der Waals surface area contributed by atoms with Gasteiger partial charge in [-0.2, -0.15) is 5.26 Å². The topological polar surface area (TPSA) is 56.1 Å². The smallest absolute Gasteiger partial charge is 0.236 e. The fraction of sp³-hybridized carbons (Fsp3) is 0.385. The first-order valence-corrected chi connectivity index (χ1v) is 6.09. The number of halogens is 1. The van der Waals surface area contributed by atoms with Gasteiger partial charge in [0, 0.05) is 25.2 Å². The van der Waals surface area contributed by atoms with Gasteiger partial charge in [-0.25, -0.2) is 0 Å². The molecule has 1 aromatic carbocycles. The Morgan fingerprint density at radius 3 is 2.83 bits per heavy atom. The zero-order valence-electron chi connectivity index (χ0n) is 10.5. The second-order valence-corrected chi connectivity index (χ2v) is 4.34. The average molecular weight is 266 g/mol. The molecule has 0 radical (unpaired) electrons. The quantitative estimate of drug-likeness (QED) is 0.883. The lowest BCUT2D eigenvalue weighted by molar-refractivity contribution is -0.128. The van der Waals surface area contributed by atoms with Crippen LogP contribution in [0.15, 0.2) is 18.2 Å². The minimum atomic E-state index is 0.0438. The molecular formula is C13H16ClN3O. The third-order valence-electron chi connectivity index (χ3n) is 2.67. The molecule has 0 aromatic heterocycles. The summed E-state index contributed by atoms with van der Waals surface area (Å²) >= 11 is 6.03. The Bertz CT molecular complexity index is 468. The maximum absolute atomic E-state index is 11.5. The average Bonchev–Trinajstić information content (AvgIpc) is 2.39. The van der Waals surface area contributed by atoms with Gasteiger partial charge >= 0.3 is 0 Å². The van der Waals surface area contributed by atoms with Gasteiger partial charge in [0.2, 0.25) is 5.91 Å². The zero-order valence-corrected chi connectivity index (χ0v) is 11.3. The van der Waals surface area contributed by atoms with Crippen LogP contribution in [0.25, 0.3) is 0 Å². The van der Waals surface area contributed by atoms with E-state index in [4.69, 9.17) is 16.9 Å². The number of carbonyl (C=O) groups is 1. The van der Waals surface area contributed by atoms with Crippen LogP contribution in [0.5, 0.6) is 0 Å². The fourth-order valence-corrected chi connectivity index (χ4v) is 1.62. The van der Waals surface area contributed by atoms with Gasteiger partial charge in [-0.05, 0) is 24.6 Å². The normalized spacial score (nSPS) is 9.89. The van der Waals surface area contributed by atoms with Crippen molar-refractivity contribution in [1.29, 1.82) is 5.26 Å². The number of hydrogen-bond acceptors (Lipinski definition) is 3. The van der Waals surface area contributed by atoms with Gasteiger partial charge in [0.1, 0.15) is 0 Å². The molecule has 18 heavy (non-hydrogen) atoms.